The summed E-state index contributed by atoms with van der Waals surface area (Å²) in [6, 6.07) is 9.76. The van der Waals surface area contributed by atoms with E-state index in [9.17, 15) is 14.4 Å². The van der Waals surface area contributed by atoms with E-state index in [1.54, 1.807) is 10.8 Å². The average Bonchev–Trinajstić information content (AvgIpc) is 2.82. The quantitative estimate of drug-likeness (QED) is 0.509. The third-order valence-electron chi connectivity index (χ3n) is 6.14. The minimum Gasteiger partial charge on any atom is -0.474 e. The lowest BCUT2D eigenvalue weighted by molar-refractivity contribution is -0.0207. The Bertz CT molecular complexity index is 1040. The lowest BCUT2D eigenvalue weighted by Crippen LogP contribution is -2.62. The number of carbonyl (C=O) groups excluding carboxylic acids is 2. The van der Waals surface area contributed by atoms with Crippen LogP contribution in [0.15, 0.2) is 41.3 Å². The number of fused-ring (bicyclic) bond motifs is 2. The van der Waals surface area contributed by atoms with E-state index in [-0.39, 0.29) is 47.3 Å². The summed E-state index contributed by atoms with van der Waals surface area (Å²) < 4.78 is 7.00. The maximum absolute atomic E-state index is 13.3. The molecule has 0 spiro atoms. The molecule has 8 heteroatoms. The molecule has 0 aliphatic carbocycles. The van der Waals surface area contributed by atoms with Gasteiger partial charge in [-0.05, 0) is 32.4 Å². The van der Waals surface area contributed by atoms with Crippen molar-refractivity contribution in [2.45, 2.75) is 58.8 Å². The highest BCUT2D eigenvalue weighted by molar-refractivity contribution is 7.10. The van der Waals surface area contributed by atoms with E-state index in [4.69, 9.17) is 4.52 Å². The number of nitrogens with zero attached hydrogens (tertiary/aromatic N) is 3. The summed E-state index contributed by atoms with van der Waals surface area (Å²) in [5.41, 5.74) is 0.794. The zero-order valence-electron chi connectivity index (χ0n) is 19.2. The zero-order chi connectivity index (χ0) is 23.4. The van der Waals surface area contributed by atoms with Crippen LogP contribution in [0.4, 0.5) is 0 Å². The van der Waals surface area contributed by atoms with Gasteiger partial charge in [-0.25, -0.2) is 0 Å². The molecule has 2 aliphatic heterocycles. The highest BCUT2D eigenvalue weighted by Gasteiger charge is 2.42. The first-order valence-corrected chi connectivity index (χ1v) is 11.6. The van der Waals surface area contributed by atoms with Crippen LogP contribution in [-0.4, -0.2) is 51.9 Å². The van der Waals surface area contributed by atoms with Crippen LogP contribution < -0.4 is 9.95 Å². The first kappa shape index (κ1) is 24.1. The monoisotopic (exact) mass is 457 g/mol. The highest BCUT2D eigenvalue weighted by atomic mass is 31.0. The molecule has 1 aromatic carbocycles. The topological polar surface area (TPSA) is 71.9 Å². The van der Waals surface area contributed by atoms with E-state index in [0.29, 0.717) is 13.0 Å². The van der Waals surface area contributed by atoms with Gasteiger partial charge < -0.3 is 14.0 Å². The number of aryl methyl sites for hydroxylation is 1. The predicted molar refractivity (Wildman–Crippen MR) is 128 cm³/mol. The summed E-state index contributed by atoms with van der Waals surface area (Å²) in [6.07, 6.45) is 3.07. The average molecular weight is 458 g/mol. The van der Waals surface area contributed by atoms with Gasteiger partial charge in [0.15, 0.2) is 17.2 Å². The number of ketones is 1. The van der Waals surface area contributed by atoms with Crippen molar-refractivity contribution in [1.82, 2.24) is 14.4 Å². The zero-order valence-corrected chi connectivity index (χ0v) is 20.4. The van der Waals surface area contributed by atoms with E-state index in [0.717, 1.165) is 18.5 Å². The van der Waals surface area contributed by atoms with Crippen LogP contribution in [0.25, 0.3) is 0 Å². The number of hydrogen-bond donors (Lipinski definition) is 0. The largest absolute Gasteiger partial charge is 0.474 e. The van der Waals surface area contributed by atoms with Crippen LogP contribution in [0.1, 0.15) is 60.0 Å². The number of benzene rings is 1. The van der Waals surface area contributed by atoms with Gasteiger partial charge >= 0.3 is 0 Å². The lowest BCUT2D eigenvalue weighted by Gasteiger charge is -2.49. The molecule has 4 rings (SSSR count). The van der Waals surface area contributed by atoms with Gasteiger partial charge in [0.1, 0.15) is 6.17 Å². The first-order valence-electron chi connectivity index (χ1n) is 11.2. The minimum atomic E-state index is -0.529. The molecular weight excluding hydrogens is 425 g/mol. The number of pyridine rings is 1. The SMILES string of the molecule is CC.C[C@H]1CCN(C)[C@@H]2Cn3cc(C(=O)CCc4ccccc4)c(=O)c(OP)c3C(=O)N12. The molecule has 2 aromatic rings. The Hall–Kier alpha value is -2.50. The van der Waals surface area contributed by atoms with E-state index < -0.39 is 5.43 Å². The Morgan fingerprint density at radius 2 is 1.88 bits per heavy atom. The fourth-order valence-electron chi connectivity index (χ4n) is 4.39. The fraction of sp³-hybridized carbons (Fsp3) is 0.458. The Morgan fingerprint density at radius 3 is 2.53 bits per heavy atom. The lowest BCUT2D eigenvalue weighted by atomic mass is 10.0. The van der Waals surface area contributed by atoms with Crippen LogP contribution in [-0.2, 0) is 13.0 Å². The van der Waals surface area contributed by atoms with Gasteiger partial charge in [-0.2, -0.15) is 0 Å². The van der Waals surface area contributed by atoms with Crippen molar-refractivity contribution in [3.63, 3.8) is 0 Å². The van der Waals surface area contributed by atoms with Crippen LogP contribution in [0, 0.1) is 0 Å². The van der Waals surface area contributed by atoms with Crippen molar-refractivity contribution in [2.75, 3.05) is 13.6 Å². The normalized spacial score (nSPS) is 20.0. The Morgan fingerprint density at radius 1 is 1.19 bits per heavy atom. The van der Waals surface area contributed by atoms with Gasteiger partial charge in [0.05, 0.1) is 21.6 Å². The standard InChI is InChI=1S/C22H26N3O4P.C2H6/c1-14-10-11-23(2)18-13-24-12-16(17(26)9-8-15-6-4-3-5-7-15)20(27)21(29-30)19(24)22(28)25(14)18;1-2/h3-7,12,14,18H,8-11,13,30H2,1-2H3;1-2H3/t14-,18-;/m0./s1. The summed E-state index contributed by atoms with van der Waals surface area (Å²) in [4.78, 5) is 43.2. The predicted octanol–water partition coefficient (Wildman–Crippen LogP) is 3.36. The summed E-state index contributed by atoms with van der Waals surface area (Å²) in [7, 11) is 4.04. The molecule has 1 aromatic heterocycles. The highest BCUT2D eigenvalue weighted by Crippen LogP contribution is 2.31. The molecule has 0 bridgehead atoms. The van der Waals surface area contributed by atoms with E-state index in [1.807, 2.05) is 72.5 Å². The number of amides is 1. The number of hydrogen-bond acceptors (Lipinski definition) is 5. The Kier molecular flexibility index (Phi) is 7.86. The first-order chi connectivity index (χ1) is 15.4. The number of Topliss-reactive ketones (excluding diaryl/α,β-unsaturated/α-hetero) is 1. The van der Waals surface area contributed by atoms with Gasteiger partial charge in [0.2, 0.25) is 5.43 Å². The van der Waals surface area contributed by atoms with Crippen LogP contribution >= 0.6 is 9.47 Å². The van der Waals surface area contributed by atoms with Gasteiger partial charge in [-0.3, -0.25) is 19.3 Å². The maximum atomic E-state index is 13.3. The van der Waals surface area contributed by atoms with E-state index in [1.165, 1.54) is 0 Å². The molecule has 3 heterocycles. The summed E-state index contributed by atoms with van der Waals surface area (Å²) in [6.45, 7) is 7.40. The molecule has 1 saturated heterocycles. The van der Waals surface area contributed by atoms with Crippen molar-refractivity contribution in [2.24, 2.45) is 0 Å². The third-order valence-corrected chi connectivity index (χ3v) is 6.38. The fourth-order valence-corrected chi connectivity index (χ4v) is 4.61. The van der Waals surface area contributed by atoms with Crippen LogP contribution in [0.5, 0.6) is 5.75 Å². The maximum Gasteiger partial charge on any atom is 0.276 e. The summed E-state index contributed by atoms with van der Waals surface area (Å²) in [5.74, 6) is -0.555. The summed E-state index contributed by atoms with van der Waals surface area (Å²) >= 11 is 0. The molecule has 0 saturated carbocycles. The molecule has 1 fully saturated rings. The van der Waals surface area contributed by atoms with Crippen molar-refractivity contribution in [3.05, 3.63) is 63.6 Å². The van der Waals surface area contributed by atoms with Crippen molar-refractivity contribution in [3.8, 4) is 5.75 Å². The van der Waals surface area contributed by atoms with Crippen molar-refractivity contribution >= 4 is 21.2 Å². The molecule has 0 N–H and O–H groups in total. The Balaban J connectivity index is 0.00000141. The number of aromatic nitrogens is 1. The van der Waals surface area contributed by atoms with Gasteiger partial charge in [0.25, 0.3) is 5.91 Å². The molecular formula is C24H32N3O4P. The smallest absolute Gasteiger partial charge is 0.276 e. The van der Waals surface area contributed by atoms with Crippen molar-refractivity contribution in [1.29, 1.82) is 0 Å². The Labute approximate surface area is 191 Å². The van der Waals surface area contributed by atoms with Gasteiger partial charge in [-0.1, -0.05) is 44.2 Å². The summed E-state index contributed by atoms with van der Waals surface area (Å²) in [5, 5.41) is 0. The second-order valence-corrected chi connectivity index (χ2v) is 8.28. The second-order valence-electron chi connectivity index (χ2n) is 8.04. The molecule has 1 unspecified atom stereocenters. The molecule has 3 atom stereocenters. The van der Waals surface area contributed by atoms with Crippen LogP contribution in [0.2, 0.25) is 0 Å². The van der Waals surface area contributed by atoms with E-state index in [2.05, 4.69) is 4.90 Å². The van der Waals surface area contributed by atoms with Gasteiger partial charge in [-0.15, -0.1) is 0 Å². The second kappa shape index (κ2) is 10.4. The number of likely N-dealkylation sites (N-methyl/N-ethyl adjacent to an activating group) is 1. The molecule has 172 valence electrons. The molecule has 7 nitrogen and oxygen atoms in total. The van der Waals surface area contributed by atoms with Gasteiger partial charge in [0, 0.05) is 25.2 Å². The number of rotatable bonds is 5. The minimum absolute atomic E-state index is 0.0693. The molecule has 0 radical (unpaired) electrons. The molecule has 2 aliphatic rings. The van der Waals surface area contributed by atoms with Crippen LogP contribution in [0.3, 0.4) is 0 Å². The number of carbonyl (C=O) groups is 2. The van der Waals surface area contributed by atoms with E-state index >= 15 is 0 Å². The third kappa shape index (κ3) is 4.50. The molecule has 1 amide bonds. The van der Waals surface area contributed by atoms with Crippen molar-refractivity contribution < 1.29 is 14.1 Å². The molecule has 32 heavy (non-hydrogen) atoms.